The fraction of sp³-hybridized carbons (Fsp3) is 0.316. The van der Waals surface area contributed by atoms with Gasteiger partial charge in [-0.25, -0.2) is 12.8 Å². The lowest BCUT2D eigenvalue weighted by molar-refractivity contribution is -0.129. The smallest absolute Gasteiger partial charge is 0.243 e. The number of benzene rings is 2. The Kier molecular flexibility index (Phi) is 6.55. The first kappa shape index (κ1) is 21.7. The number of rotatable bonds is 5. The molecular formula is C19H20Cl2FN3O3S. The van der Waals surface area contributed by atoms with Crippen molar-refractivity contribution in [2.24, 2.45) is 0 Å². The number of carbonyl (C=O) groups excluding carboxylic acids is 1. The quantitative estimate of drug-likeness (QED) is 0.688. The van der Waals surface area contributed by atoms with Gasteiger partial charge in [0.15, 0.2) is 0 Å². The van der Waals surface area contributed by atoms with Crippen LogP contribution in [-0.2, 0) is 14.8 Å². The maximum Gasteiger partial charge on any atom is 0.243 e. The number of amides is 1. The Bertz CT molecular complexity index is 994. The van der Waals surface area contributed by atoms with Gasteiger partial charge < -0.3 is 9.80 Å². The Hall–Kier alpha value is -2.03. The molecule has 1 amide bonds. The molecular weight excluding hydrogens is 440 g/mol. The molecule has 3 rings (SSSR count). The minimum atomic E-state index is -3.70. The van der Waals surface area contributed by atoms with E-state index in [2.05, 4.69) is 4.90 Å². The highest BCUT2D eigenvalue weighted by atomic mass is 35.5. The van der Waals surface area contributed by atoms with Crippen molar-refractivity contribution in [1.82, 2.24) is 4.90 Å². The molecule has 2 aromatic rings. The van der Waals surface area contributed by atoms with Crippen LogP contribution in [-0.4, -0.2) is 58.2 Å². The van der Waals surface area contributed by atoms with Gasteiger partial charge in [-0.15, -0.1) is 0 Å². The molecule has 1 saturated heterocycles. The monoisotopic (exact) mass is 459 g/mol. The van der Waals surface area contributed by atoms with Gasteiger partial charge in [0, 0.05) is 31.9 Å². The first-order valence-electron chi connectivity index (χ1n) is 8.86. The third-order valence-corrected chi connectivity index (χ3v) is 6.57. The second kappa shape index (κ2) is 8.77. The topological polar surface area (TPSA) is 60.9 Å². The van der Waals surface area contributed by atoms with Crippen LogP contribution < -0.4 is 9.21 Å². The van der Waals surface area contributed by atoms with Crippen molar-refractivity contribution in [3.63, 3.8) is 0 Å². The minimum Gasteiger partial charge on any atom is -0.368 e. The second-order valence-electron chi connectivity index (χ2n) is 6.71. The third-order valence-electron chi connectivity index (χ3n) is 4.69. The second-order valence-corrected chi connectivity index (χ2v) is 9.43. The lowest BCUT2D eigenvalue weighted by atomic mass is 10.2. The molecule has 2 aromatic carbocycles. The van der Waals surface area contributed by atoms with Crippen LogP contribution in [0.25, 0.3) is 0 Å². The number of halogens is 3. The van der Waals surface area contributed by atoms with Gasteiger partial charge in [0.25, 0.3) is 0 Å². The molecule has 0 spiro atoms. The van der Waals surface area contributed by atoms with Crippen LogP contribution in [0.1, 0.15) is 0 Å². The number of nitrogens with zero attached hydrogens (tertiary/aromatic N) is 3. The van der Waals surface area contributed by atoms with Crippen LogP contribution in [0, 0.1) is 5.82 Å². The summed E-state index contributed by atoms with van der Waals surface area (Å²) in [4.78, 5) is 16.4. The zero-order valence-corrected chi connectivity index (χ0v) is 18.0. The fourth-order valence-corrected chi connectivity index (χ4v) is 4.26. The van der Waals surface area contributed by atoms with Gasteiger partial charge in [0.2, 0.25) is 15.9 Å². The van der Waals surface area contributed by atoms with Gasteiger partial charge >= 0.3 is 0 Å². The molecule has 1 aliphatic heterocycles. The van der Waals surface area contributed by atoms with E-state index >= 15 is 0 Å². The van der Waals surface area contributed by atoms with Gasteiger partial charge in [0.05, 0.1) is 22.0 Å². The van der Waals surface area contributed by atoms with E-state index in [1.165, 1.54) is 30.3 Å². The largest absolute Gasteiger partial charge is 0.368 e. The van der Waals surface area contributed by atoms with Gasteiger partial charge in [-0.2, -0.15) is 0 Å². The summed E-state index contributed by atoms with van der Waals surface area (Å²) in [7, 11) is -3.70. The average Bonchev–Trinajstić information content (AvgIpc) is 2.68. The van der Waals surface area contributed by atoms with Gasteiger partial charge in [-0.3, -0.25) is 9.10 Å². The molecule has 0 unspecified atom stereocenters. The maximum absolute atomic E-state index is 13.1. The zero-order valence-electron chi connectivity index (χ0n) is 15.7. The van der Waals surface area contributed by atoms with E-state index in [-0.39, 0.29) is 29.0 Å². The van der Waals surface area contributed by atoms with E-state index in [1.54, 1.807) is 17.0 Å². The molecule has 0 bridgehead atoms. The van der Waals surface area contributed by atoms with Gasteiger partial charge in [0.1, 0.15) is 12.4 Å². The Morgan fingerprint density at radius 2 is 1.66 bits per heavy atom. The highest BCUT2D eigenvalue weighted by molar-refractivity contribution is 7.92. The molecule has 1 heterocycles. The lowest BCUT2D eigenvalue weighted by Crippen LogP contribution is -2.52. The van der Waals surface area contributed by atoms with Crippen molar-refractivity contribution in [2.75, 3.05) is 48.2 Å². The summed E-state index contributed by atoms with van der Waals surface area (Å²) in [6.07, 6.45) is 1.04. The molecule has 29 heavy (non-hydrogen) atoms. The SMILES string of the molecule is CS(=O)(=O)N(CC(=O)N1CCN(c2ccc(F)cc2)CC1)c1ccc(Cl)c(Cl)c1. The number of hydrogen-bond acceptors (Lipinski definition) is 4. The average molecular weight is 460 g/mol. The molecule has 10 heteroatoms. The Balaban J connectivity index is 1.67. The van der Waals surface area contributed by atoms with E-state index in [0.717, 1.165) is 16.2 Å². The summed E-state index contributed by atoms with van der Waals surface area (Å²) < 4.78 is 38.6. The van der Waals surface area contributed by atoms with Crippen molar-refractivity contribution in [2.45, 2.75) is 0 Å². The van der Waals surface area contributed by atoms with Crippen LogP contribution in [0.4, 0.5) is 15.8 Å². The molecule has 0 saturated carbocycles. The lowest BCUT2D eigenvalue weighted by Gasteiger charge is -2.37. The maximum atomic E-state index is 13.1. The minimum absolute atomic E-state index is 0.207. The predicted molar refractivity (Wildman–Crippen MR) is 114 cm³/mol. The molecule has 1 aliphatic rings. The standard InChI is InChI=1S/C19H20Cl2FN3O3S/c1-29(27,28)25(16-6-7-17(20)18(21)12-16)13-19(26)24-10-8-23(9-11-24)15-4-2-14(22)3-5-15/h2-7,12H,8-11,13H2,1H3. The first-order valence-corrected chi connectivity index (χ1v) is 11.5. The van der Waals surface area contributed by atoms with E-state index in [1.807, 2.05) is 0 Å². The molecule has 6 nitrogen and oxygen atoms in total. The van der Waals surface area contributed by atoms with Crippen LogP contribution in [0.2, 0.25) is 10.0 Å². The molecule has 1 fully saturated rings. The van der Waals surface area contributed by atoms with Crippen molar-refractivity contribution in [3.8, 4) is 0 Å². The van der Waals surface area contributed by atoms with Crippen molar-refractivity contribution < 1.29 is 17.6 Å². The summed E-state index contributed by atoms with van der Waals surface area (Å²) in [5.41, 5.74) is 1.16. The van der Waals surface area contributed by atoms with Crippen molar-refractivity contribution in [3.05, 3.63) is 58.3 Å². The highest BCUT2D eigenvalue weighted by Crippen LogP contribution is 2.28. The molecule has 0 aromatic heterocycles. The third kappa shape index (κ3) is 5.32. The van der Waals surface area contributed by atoms with E-state index in [0.29, 0.717) is 31.2 Å². The van der Waals surface area contributed by atoms with E-state index < -0.39 is 10.0 Å². The summed E-state index contributed by atoms with van der Waals surface area (Å²) in [5.74, 6) is -0.606. The number of hydrogen-bond donors (Lipinski definition) is 0. The van der Waals surface area contributed by atoms with Crippen LogP contribution in [0.15, 0.2) is 42.5 Å². The van der Waals surface area contributed by atoms with Crippen molar-refractivity contribution in [1.29, 1.82) is 0 Å². The fourth-order valence-electron chi connectivity index (χ4n) is 3.13. The van der Waals surface area contributed by atoms with Crippen LogP contribution in [0.5, 0.6) is 0 Å². The predicted octanol–water partition coefficient (Wildman–Crippen LogP) is 3.25. The Labute approximate surface area is 179 Å². The van der Waals surface area contributed by atoms with Gasteiger partial charge in [-0.05, 0) is 42.5 Å². The summed E-state index contributed by atoms with van der Waals surface area (Å²) in [6, 6.07) is 10.6. The summed E-state index contributed by atoms with van der Waals surface area (Å²) >= 11 is 11.9. The zero-order chi connectivity index (χ0) is 21.2. The molecule has 0 N–H and O–H groups in total. The molecule has 0 atom stereocenters. The molecule has 0 radical (unpaired) electrons. The van der Waals surface area contributed by atoms with Gasteiger partial charge in [-0.1, -0.05) is 23.2 Å². The van der Waals surface area contributed by atoms with E-state index in [4.69, 9.17) is 23.2 Å². The number of carbonyl (C=O) groups is 1. The Morgan fingerprint density at radius 3 is 2.21 bits per heavy atom. The molecule has 156 valence electrons. The molecule has 0 aliphatic carbocycles. The van der Waals surface area contributed by atoms with E-state index in [9.17, 15) is 17.6 Å². The summed E-state index contributed by atoms with van der Waals surface area (Å²) in [5, 5.41) is 0.505. The normalized spacial score (nSPS) is 14.8. The van der Waals surface area contributed by atoms with Crippen molar-refractivity contribution >= 4 is 50.5 Å². The Morgan fingerprint density at radius 1 is 1.03 bits per heavy atom. The number of sulfonamides is 1. The number of anilines is 2. The first-order chi connectivity index (χ1) is 13.6. The highest BCUT2D eigenvalue weighted by Gasteiger charge is 2.27. The van der Waals surface area contributed by atoms with Crippen LogP contribution >= 0.6 is 23.2 Å². The summed E-state index contributed by atoms with van der Waals surface area (Å²) in [6.45, 7) is 1.70. The number of piperazine rings is 1. The van der Waals surface area contributed by atoms with Crippen LogP contribution in [0.3, 0.4) is 0 Å².